The van der Waals surface area contributed by atoms with Gasteiger partial charge in [-0.1, -0.05) is 89.3 Å². The average Bonchev–Trinajstić information content (AvgIpc) is 2.61. The van der Waals surface area contributed by atoms with Gasteiger partial charge in [0.05, 0.1) is 12.3 Å². The highest BCUT2D eigenvalue weighted by atomic mass is 16.5. The molecule has 0 amide bonds. The Bertz CT molecular complexity index is 406. The van der Waals surface area contributed by atoms with Crippen LogP contribution in [0.15, 0.2) is 30.3 Å². The molecule has 4 N–H and O–H groups in total. The summed E-state index contributed by atoms with van der Waals surface area (Å²) in [5, 5.41) is 0. The summed E-state index contributed by atoms with van der Waals surface area (Å²) in [6.07, 6.45) is 16.0. The smallest absolute Gasteiger partial charge is 0.119 e. The van der Waals surface area contributed by atoms with Gasteiger partial charge in [0.15, 0.2) is 0 Å². The molecular weight excluding hydrogens is 308 g/mol. The standard InChI is InChI=1S/C22H40N2O/c1-2-3-4-5-6-7-8-9-10-14-18-22(23,24)19-15-20-25-21-16-12-11-13-17-21/h11-13,16-17H,2-10,14-15,18-20,23-24H2,1H3. The number of nitrogens with two attached hydrogens (primary N) is 2. The molecule has 0 radical (unpaired) electrons. The molecule has 0 aliphatic heterocycles. The number of hydrogen-bond donors (Lipinski definition) is 2. The zero-order valence-corrected chi connectivity index (χ0v) is 16.3. The van der Waals surface area contributed by atoms with Gasteiger partial charge < -0.3 is 16.2 Å². The summed E-state index contributed by atoms with van der Waals surface area (Å²) in [6, 6.07) is 9.90. The molecule has 0 aromatic heterocycles. The summed E-state index contributed by atoms with van der Waals surface area (Å²) in [5.41, 5.74) is 11.9. The van der Waals surface area contributed by atoms with Crippen LogP contribution in [0.4, 0.5) is 0 Å². The number of hydrogen-bond acceptors (Lipinski definition) is 3. The number of rotatable bonds is 16. The fourth-order valence-corrected chi connectivity index (χ4v) is 3.17. The third kappa shape index (κ3) is 12.9. The molecule has 0 saturated heterocycles. The van der Waals surface area contributed by atoms with Gasteiger partial charge in [0.2, 0.25) is 0 Å². The zero-order chi connectivity index (χ0) is 18.2. The molecule has 0 aliphatic carbocycles. The first kappa shape index (κ1) is 22.0. The summed E-state index contributed by atoms with van der Waals surface area (Å²) < 4.78 is 5.70. The predicted octanol–water partition coefficient (Wildman–Crippen LogP) is 5.77. The van der Waals surface area contributed by atoms with Gasteiger partial charge in [-0.15, -0.1) is 0 Å². The molecule has 0 fully saturated rings. The molecule has 0 saturated carbocycles. The monoisotopic (exact) mass is 348 g/mol. The van der Waals surface area contributed by atoms with Crippen molar-refractivity contribution in [1.29, 1.82) is 0 Å². The van der Waals surface area contributed by atoms with E-state index in [-0.39, 0.29) is 0 Å². The highest BCUT2D eigenvalue weighted by Gasteiger charge is 2.17. The van der Waals surface area contributed by atoms with E-state index >= 15 is 0 Å². The SMILES string of the molecule is CCCCCCCCCCCCC(N)(N)CCCOc1ccccc1. The molecule has 144 valence electrons. The number of benzene rings is 1. The molecule has 0 unspecified atom stereocenters. The van der Waals surface area contributed by atoms with Gasteiger partial charge in [-0.25, -0.2) is 0 Å². The van der Waals surface area contributed by atoms with Crippen molar-refractivity contribution in [3.05, 3.63) is 30.3 Å². The maximum absolute atomic E-state index is 6.23. The third-order valence-electron chi connectivity index (χ3n) is 4.79. The Morgan fingerprint density at radius 1 is 0.720 bits per heavy atom. The summed E-state index contributed by atoms with van der Waals surface area (Å²) in [4.78, 5) is 0. The normalized spacial score (nSPS) is 11.6. The Morgan fingerprint density at radius 2 is 1.24 bits per heavy atom. The Balaban J connectivity index is 1.93. The van der Waals surface area contributed by atoms with Crippen LogP contribution < -0.4 is 16.2 Å². The van der Waals surface area contributed by atoms with E-state index in [0.29, 0.717) is 6.61 Å². The minimum absolute atomic E-state index is 0.541. The van der Waals surface area contributed by atoms with E-state index in [1.165, 1.54) is 57.8 Å². The van der Waals surface area contributed by atoms with Crippen molar-refractivity contribution in [2.45, 2.75) is 96.1 Å². The van der Waals surface area contributed by atoms with E-state index in [4.69, 9.17) is 16.2 Å². The number of ether oxygens (including phenoxy) is 1. The van der Waals surface area contributed by atoms with Crippen LogP contribution in [0.5, 0.6) is 5.75 Å². The number of unbranched alkanes of at least 4 members (excludes halogenated alkanes) is 9. The van der Waals surface area contributed by atoms with E-state index in [1.54, 1.807) is 0 Å². The molecule has 1 aromatic carbocycles. The van der Waals surface area contributed by atoms with E-state index in [9.17, 15) is 0 Å². The van der Waals surface area contributed by atoms with Crippen LogP contribution >= 0.6 is 0 Å². The van der Waals surface area contributed by atoms with Crippen LogP contribution in [0, 0.1) is 0 Å². The van der Waals surface area contributed by atoms with E-state index in [1.807, 2.05) is 30.3 Å². The average molecular weight is 349 g/mol. The fraction of sp³-hybridized carbons (Fsp3) is 0.727. The number of para-hydroxylation sites is 1. The molecule has 0 heterocycles. The van der Waals surface area contributed by atoms with Gasteiger partial charge in [0, 0.05) is 0 Å². The van der Waals surface area contributed by atoms with Crippen molar-refractivity contribution in [1.82, 2.24) is 0 Å². The topological polar surface area (TPSA) is 61.3 Å². The lowest BCUT2D eigenvalue weighted by molar-refractivity contribution is 0.271. The van der Waals surface area contributed by atoms with Crippen molar-refractivity contribution in [3.8, 4) is 5.75 Å². The lowest BCUT2D eigenvalue weighted by Gasteiger charge is -2.24. The van der Waals surface area contributed by atoms with Crippen molar-refractivity contribution >= 4 is 0 Å². The molecule has 0 bridgehead atoms. The van der Waals surface area contributed by atoms with E-state index < -0.39 is 5.66 Å². The molecular formula is C22H40N2O. The molecule has 3 heteroatoms. The van der Waals surface area contributed by atoms with Crippen LogP contribution in [-0.2, 0) is 0 Å². The Hall–Kier alpha value is -1.06. The van der Waals surface area contributed by atoms with Crippen molar-refractivity contribution in [3.63, 3.8) is 0 Å². The van der Waals surface area contributed by atoms with Crippen molar-refractivity contribution in [2.24, 2.45) is 11.5 Å². The predicted molar refractivity (Wildman–Crippen MR) is 109 cm³/mol. The van der Waals surface area contributed by atoms with E-state index in [0.717, 1.165) is 31.4 Å². The van der Waals surface area contributed by atoms with Gasteiger partial charge >= 0.3 is 0 Å². The van der Waals surface area contributed by atoms with Gasteiger partial charge in [-0.3, -0.25) is 0 Å². The molecule has 0 atom stereocenters. The van der Waals surface area contributed by atoms with Gasteiger partial charge in [-0.2, -0.15) is 0 Å². The second-order valence-corrected chi connectivity index (χ2v) is 7.43. The Morgan fingerprint density at radius 3 is 1.84 bits per heavy atom. The summed E-state index contributed by atoms with van der Waals surface area (Å²) in [5.74, 6) is 0.914. The second-order valence-electron chi connectivity index (χ2n) is 7.43. The Kier molecular flexibility index (Phi) is 12.4. The third-order valence-corrected chi connectivity index (χ3v) is 4.79. The molecule has 25 heavy (non-hydrogen) atoms. The van der Waals surface area contributed by atoms with Gasteiger partial charge in [0.25, 0.3) is 0 Å². The van der Waals surface area contributed by atoms with Crippen LogP contribution in [0.25, 0.3) is 0 Å². The van der Waals surface area contributed by atoms with Gasteiger partial charge in [0.1, 0.15) is 5.75 Å². The molecule has 3 nitrogen and oxygen atoms in total. The molecule has 1 aromatic rings. The first-order valence-corrected chi connectivity index (χ1v) is 10.4. The largest absolute Gasteiger partial charge is 0.494 e. The van der Waals surface area contributed by atoms with Crippen LogP contribution in [-0.4, -0.2) is 12.3 Å². The quantitative estimate of drug-likeness (QED) is 0.294. The zero-order valence-electron chi connectivity index (χ0n) is 16.3. The van der Waals surface area contributed by atoms with Crippen LogP contribution in [0.1, 0.15) is 90.4 Å². The summed E-state index contributed by atoms with van der Waals surface area (Å²) in [6.45, 7) is 2.95. The van der Waals surface area contributed by atoms with Crippen molar-refractivity contribution in [2.75, 3.05) is 6.61 Å². The Labute approximate surface area is 155 Å². The lowest BCUT2D eigenvalue weighted by Crippen LogP contribution is -2.49. The maximum atomic E-state index is 6.23. The van der Waals surface area contributed by atoms with Crippen LogP contribution in [0.2, 0.25) is 0 Å². The fourth-order valence-electron chi connectivity index (χ4n) is 3.17. The first-order chi connectivity index (χ1) is 12.1. The minimum Gasteiger partial charge on any atom is -0.494 e. The first-order valence-electron chi connectivity index (χ1n) is 10.4. The van der Waals surface area contributed by atoms with Gasteiger partial charge in [-0.05, 0) is 31.4 Å². The molecule has 0 spiro atoms. The van der Waals surface area contributed by atoms with Crippen molar-refractivity contribution < 1.29 is 4.74 Å². The summed E-state index contributed by atoms with van der Waals surface area (Å²) in [7, 11) is 0. The highest BCUT2D eigenvalue weighted by Crippen LogP contribution is 2.16. The summed E-state index contributed by atoms with van der Waals surface area (Å²) >= 11 is 0. The maximum Gasteiger partial charge on any atom is 0.119 e. The van der Waals surface area contributed by atoms with E-state index in [2.05, 4.69) is 6.92 Å². The highest BCUT2D eigenvalue weighted by molar-refractivity contribution is 5.20. The minimum atomic E-state index is -0.541. The second kappa shape index (κ2) is 14.1. The molecule has 0 aliphatic rings. The molecule has 1 rings (SSSR count). The van der Waals surface area contributed by atoms with Crippen LogP contribution in [0.3, 0.4) is 0 Å². The lowest BCUT2D eigenvalue weighted by atomic mass is 9.97.